The molecule has 1 fully saturated rings. The van der Waals surface area contributed by atoms with Gasteiger partial charge in [-0.1, -0.05) is 23.3 Å². The van der Waals surface area contributed by atoms with Crippen LogP contribution in [0.25, 0.3) is 0 Å². The number of carbonyl (C=O) groups is 1. The van der Waals surface area contributed by atoms with Gasteiger partial charge in [0.1, 0.15) is 11.6 Å². The highest BCUT2D eigenvalue weighted by Crippen LogP contribution is 2.29. The van der Waals surface area contributed by atoms with Gasteiger partial charge in [0.2, 0.25) is 0 Å². The van der Waals surface area contributed by atoms with E-state index in [1.165, 1.54) is 29.3 Å². The van der Waals surface area contributed by atoms with Crippen LogP contribution in [0.3, 0.4) is 0 Å². The summed E-state index contributed by atoms with van der Waals surface area (Å²) in [6.45, 7) is 1.96. The van der Waals surface area contributed by atoms with Gasteiger partial charge in [0.25, 0.3) is 0 Å². The first-order chi connectivity index (χ1) is 15.5. The average molecular weight is 430 g/mol. The highest BCUT2D eigenvalue weighted by atomic mass is 19.1. The van der Waals surface area contributed by atoms with Crippen molar-refractivity contribution in [2.24, 2.45) is 9.98 Å². The first-order valence-corrected chi connectivity index (χ1v) is 9.77. The molecule has 0 amide bonds. The van der Waals surface area contributed by atoms with Crippen LogP contribution in [0.5, 0.6) is 0 Å². The fraction of sp³-hybridized carbons (Fsp3) is 0.0417. The van der Waals surface area contributed by atoms with Gasteiger partial charge >= 0.3 is 5.97 Å². The number of anilines is 1. The van der Waals surface area contributed by atoms with Crippen LogP contribution in [-0.2, 0) is 9.63 Å². The molecule has 1 N–H and O–H groups in total. The van der Waals surface area contributed by atoms with Gasteiger partial charge in [-0.2, -0.15) is 0 Å². The van der Waals surface area contributed by atoms with E-state index in [0.717, 1.165) is 5.56 Å². The van der Waals surface area contributed by atoms with Gasteiger partial charge in [-0.3, -0.25) is 0 Å². The monoisotopic (exact) mass is 430 g/mol. The third-order valence-electron chi connectivity index (χ3n) is 5.05. The van der Waals surface area contributed by atoms with E-state index >= 15 is 0 Å². The number of aryl methyl sites for hydroxylation is 1. The number of carbonyl (C=O) groups excluding carboxylic acids is 1. The number of nitrogens with one attached hydrogen (secondary N) is 1. The Hall–Kier alpha value is -4.17. The number of hydrogen-bond donors (Lipinski definition) is 1. The molecule has 2 heterocycles. The molecule has 2 aliphatic rings. The van der Waals surface area contributed by atoms with E-state index in [2.05, 4.69) is 15.6 Å². The lowest BCUT2D eigenvalue weighted by molar-refractivity contribution is -0.140. The molecule has 1 saturated heterocycles. The lowest BCUT2D eigenvalue weighted by Crippen LogP contribution is -2.29. The van der Waals surface area contributed by atoms with E-state index in [9.17, 15) is 13.6 Å². The van der Waals surface area contributed by atoms with Crippen LogP contribution < -0.4 is 10.6 Å². The topological polar surface area (TPSA) is 66.3 Å². The molecular formula is C24H16F2N4O2. The SMILES string of the molecule is Cc1ccc(N2NOC(=O)C2=C2N=C(c3ccc(F)cc3)C(c3ccc(F)cc3)=N2)cc1. The summed E-state index contributed by atoms with van der Waals surface area (Å²) in [6, 6.07) is 19.0. The molecule has 0 radical (unpaired) electrons. The first kappa shape index (κ1) is 19.8. The number of hydrazine groups is 1. The molecule has 0 aliphatic carbocycles. The van der Waals surface area contributed by atoms with Gasteiger partial charge in [-0.05, 0) is 67.6 Å². The van der Waals surface area contributed by atoms with E-state index in [4.69, 9.17) is 4.84 Å². The summed E-state index contributed by atoms with van der Waals surface area (Å²) in [5.41, 5.74) is 6.47. The summed E-state index contributed by atoms with van der Waals surface area (Å²) in [6.07, 6.45) is 0. The van der Waals surface area contributed by atoms with Crippen molar-refractivity contribution in [3.63, 3.8) is 0 Å². The summed E-state index contributed by atoms with van der Waals surface area (Å²) in [5, 5.41) is 1.46. The Labute approximate surface area is 182 Å². The second kappa shape index (κ2) is 7.82. The molecular weight excluding hydrogens is 414 g/mol. The quantitative estimate of drug-likeness (QED) is 0.632. The molecule has 0 unspecified atom stereocenters. The molecule has 6 nitrogen and oxygen atoms in total. The minimum absolute atomic E-state index is 0.102. The zero-order chi connectivity index (χ0) is 22.2. The lowest BCUT2D eigenvalue weighted by Gasteiger charge is -2.15. The van der Waals surface area contributed by atoms with Crippen LogP contribution in [-0.4, -0.2) is 17.4 Å². The van der Waals surface area contributed by atoms with E-state index in [1.54, 1.807) is 24.3 Å². The minimum Gasteiger partial charge on any atom is -0.345 e. The smallest absolute Gasteiger partial charge is 0.345 e. The number of rotatable bonds is 3. The van der Waals surface area contributed by atoms with E-state index in [1.807, 2.05) is 31.2 Å². The van der Waals surface area contributed by atoms with Crippen LogP contribution >= 0.6 is 0 Å². The zero-order valence-corrected chi connectivity index (χ0v) is 16.8. The van der Waals surface area contributed by atoms with Gasteiger partial charge in [0, 0.05) is 11.1 Å². The number of aliphatic imine (C=N–C) groups is 2. The predicted octanol–water partition coefficient (Wildman–Crippen LogP) is 4.22. The van der Waals surface area contributed by atoms with Gasteiger partial charge < -0.3 is 4.84 Å². The normalized spacial score (nSPS) is 15.7. The molecule has 8 heteroatoms. The molecule has 0 spiro atoms. The second-order valence-corrected chi connectivity index (χ2v) is 7.26. The molecule has 3 aromatic carbocycles. The number of benzene rings is 3. The molecule has 0 aromatic heterocycles. The summed E-state index contributed by atoms with van der Waals surface area (Å²) in [7, 11) is 0. The van der Waals surface area contributed by atoms with Crippen molar-refractivity contribution >= 4 is 23.1 Å². The number of halogens is 2. The third kappa shape index (κ3) is 3.57. The Morgan fingerprint density at radius 1 is 0.781 bits per heavy atom. The number of hydrogen-bond acceptors (Lipinski definition) is 6. The summed E-state index contributed by atoms with van der Waals surface area (Å²) in [5.74, 6) is -1.30. The van der Waals surface area contributed by atoms with E-state index < -0.39 is 5.97 Å². The Kier molecular flexibility index (Phi) is 4.84. The summed E-state index contributed by atoms with van der Waals surface area (Å²) < 4.78 is 27.0. The maximum absolute atomic E-state index is 13.5. The third-order valence-corrected chi connectivity index (χ3v) is 5.05. The highest BCUT2D eigenvalue weighted by molar-refractivity contribution is 6.55. The maximum atomic E-state index is 13.5. The molecule has 0 saturated carbocycles. The van der Waals surface area contributed by atoms with Crippen LogP contribution in [0.15, 0.2) is 94.3 Å². The van der Waals surface area contributed by atoms with Crippen molar-refractivity contribution < 1.29 is 18.4 Å². The van der Waals surface area contributed by atoms with Crippen LogP contribution in [0.2, 0.25) is 0 Å². The molecule has 3 aromatic rings. The fourth-order valence-corrected chi connectivity index (χ4v) is 3.41. The van der Waals surface area contributed by atoms with Crippen LogP contribution in [0.1, 0.15) is 16.7 Å². The predicted molar refractivity (Wildman–Crippen MR) is 116 cm³/mol. The Balaban J connectivity index is 1.67. The maximum Gasteiger partial charge on any atom is 0.380 e. The van der Waals surface area contributed by atoms with E-state index in [0.29, 0.717) is 28.2 Å². The van der Waals surface area contributed by atoms with Crippen LogP contribution in [0, 0.1) is 18.6 Å². The van der Waals surface area contributed by atoms with Crippen molar-refractivity contribution in [2.75, 3.05) is 5.01 Å². The second-order valence-electron chi connectivity index (χ2n) is 7.26. The molecule has 2 aliphatic heterocycles. The van der Waals surface area contributed by atoms with Crippen molar-refractivity contribution in [1.82, 2.24) is 5.59 Å². The zero-order valence-electron chi connectivity index (χ0n) is 16.8. The van der Waals surface area contributed by atoms with Gasteiger partial charge in [0.15, 0.2) is 11.5 Å². The van der Waals surface area contributed by atoms with E-state index in [-0.39, 0.29) is 23.2 Å². The Bertz CT molecular complexity index is 1230. The van der Waals surface area contributed by atoms with Crippen molar-refractivity contribution in [3.8, 4) is 0 Å². The van der Waals surface area contributed by atoms with Crippen LogP contribution in [0.4, 0.5) is 14.5 Å². The van der Waals surface area contributed by atoms with Crippen molar-refractivity contribution in [1.29, 1.82) is 0 Å². The summed E-state index contributed by atoms with van der Waals surface area (Å²) in [4.78, 5) is 26.8. The standard InChI is InChI=1S/C24H16F2N4O2/c1-14-2-12-19(13-3-14)30-22(24(31)32-29-30)23-27-20(15-4-8-17(25)9-5-15)21(28-23)16-6-10-18(26)11-7-16/h2-13,29H,1H3. The van der Waals surface area contributed by atoms with Crippen molar-refractivity contribution in [3.05, 3.63) is 113 Å². The molecule has 0 atom stereocenters. The summed E-state index contributed by atoms with van der Waals surface area (Å²) >= 11 is 0. The van der Waals surface area contributed by atoms with Gasteiger partial charge in [0.05, 0.1) is 17.1 Å². The molecule has 0 bridgehead atoms. The largest absolute Gasteiger partial charge is 0.380 e. The van der Waals surface area contributed by atoms with Gasteiger partial charge in [-0.25, -0.2) is 28.6 Å². The minimum atomic E-state index is -0.646. The number of nitrogens with zero attached hydrogens (tertiary/aromatic N) is 3. The fourth-order valence-electron chi connectivity index (χ4n) is 3.41. The van der Waals surface area contributed by atoms with Gasteiger partial charge in [-0.15, -0.1) is 0 Å². The Morgan fingerprint density at radius 2 is 1.28 bits per heavy atom. The molecule has 158 valence electrons. The molecule has 32 heavy (non-hydrogen) atoms. The molecule has 5 rings (SSSR count). The highest BCUT2D eigenvalue weighted by Gasteiger charge is 2.35. The lowest BCUT2D eigenvalue weighted by atomic mass is 10.00. The average Bonchev–Trinajstić information content (AvgIpc) is 3.39. The van der Waals surface area contributed by atoms with Crippen molar-refractivity contribution in [2.45, 2.75) is 6.92 Å². The first-order valence-electron chi connectivity index (χ1n) is 9.77. The Morgan fingerprint density at radius 3 is 1.78 bits per heavy atom.